The lowest BCUT2D eigenvalue weighted by atomic mass is 9.82. The van der Waals surface area contributed by atoms with Gasteiger partial charge >= 0.3 is 5.97 Å². The van der Waals surface area contributed by atoms with Crippen LogP contribution < -0.4 is 0 Å². The lowest BCUT2D eigenvalue weighted by Crippen LogP contribution is -2.31. The molecule has 0 radical (unpaired) electrons. The van der Waals surface area contributed by atoms with Gasteiger partial charge in [0.15, 0.2) is 0 Å². The number of aliphatic hydroxyl groups excluding tert-OH is 2. The third-order valence-corrected chi connectivity index (χ3v) is 3.19. The number of carbonyl (C=O) groups excluding carboxylic acids is 1. The van der Waals surface area contributed by atoms with Crippen molar-refractivity contribution in [2.45, 2.75) is 51.7 Å². The maximum absolute atomic E-state index is 10.6. The van der Waals surface area contributed by atoms with Crippen LogP contribution >= 0.6 is 0 Å². The Balaban J connectivity index is 2.36. The molecule has 0 bridgehead atoms. The summed E-state index contributed by atoms with van der Waals surface area (Å²) in [6.07, 6.45) is 4.11. The van der Waals surface area contributed by atoms with E-state index < -0.39 is 0 Å². The molecule has 0 aromatic rings. The molecule has 98 valence electrons. The zero-order valence-electron chi connectivity index (χ0n) is 10.6. The average Bonchev–Trinajstić information content (AvgIpc) is 2.27. The second-order valence-electron chi connectivity index (χ2n) is 4.86. The second-order valence-corrected chi connectivity index (χ2v) is 4.86. The Morgan fingerprint density at radius 2 is 2.06 bits per heavy atom. The second kappa shape index (κ2) is 6.77. The number of rotatable bonds is 4. The first-order chi connectivity index (χ1) is 7.99. The molecule has 1 saturated carbocycles. The molecule has 17 heavy (non-hydrogen) atoms. The molecule has 1 rings (SSSR count). The molecule has 0 unspecified atom stereocenters. The SMILES string of the molecule is CC(=O)OCC(C)=CC[C@@H]1C[C@@H](O)CC[C@@H]1O. The average molecular weight is 242 g/mol. The largest absolute Gasteiger partial charge is 0.461 e. The maximum Gasteiger partial charge on any atom is 0.302 e. The first-order valence-corrected chi connectivity index (χ1v) is 6.14. The van der Waals surface area contributed by atoms with Crippen molar-refractivity contribution in [2.75, 3.05) is 6.61 Å². The summed E-state index contributed by atoms with van der Waals surface area (Å²) in [5.74, 6) is -0.170. The normalized spacial score (nSPS) is 30.1. The lowest BCUT2D eigenvalue weighted by Gasteiger charge is -2.30. The molecule has 1 aliphatic rings. The standard InChI is InChI=1S/C13H22O4/c1-9(8-17-10(2)14)3-4-11-7-12(15)5-6-13(11)16/h3,11-13,15-16H,4-8H2,1-2H3/t11-,12+,13+/m1/s1. The number of allylic oxidation sites excluding steroid dienone is 1. The molecule has 4 heteroatoms. The number of ether oxygens (including phenoxy) is 1. The zero-order chi connectivity index (χ0) is 12.8. The lowest BCUT2D eigenvalue weighted by molar-refractivity contribution is -0.139. The molecule has 0 aliphatic heterocycles. The summed E-state index contributed by atoms with van der Waals surface area (Å²) >= 11 is 0. The van der Waals surface area contributed by atoms with Crippen LogP contribution in [0, 0.1) is 5.92 Å². The van der Waals surface area contributed by atoms with Crippen molar-refractivity contribution < 1.29 is 19.7 Å². The van der Waals surface area contributed by atoms with E-state index in [2.05, 4.69) is 0 Å². The maximum atomic E-state index is 10.6. The van der Waals surface area contributed by atoms with Crippen LogP contribution in [0.25, 0.3) is 0 Å². The van der Waals surface area contributed by atoms with E-state index in [4.69, 9.17) is 4.74 Å². The Morgan fingerprint density at radius 3 is 2.71 bits per heavy atom. The third kappa shape index (κ3) is 5.33. The van der Waals surface area contributed by atoms with Crippen LogP contribution in [0.2, 0.25) is 0 Å². The molecule has 2 N–H and O–H groups in total. The Morgan fingerprint density at radius 1 is 1.35 bits per heavy atom. The van der Waals surface area contributed by atoms with Gasteiger partial charge in [-0.15, -0.1) is 0 Å². The quantitative estimate of drug-likeness (QED) is 0.578. The van der Waals surface area contributed by atoms with E-state index in [0.29, 0.717) is 25.9 Å². The molecule has 4 nitrogen and oxygen atoms in total. The van der Waals surface area contributed by atoms with Gasteiger partial charge in [0.05, 0.1) is 12.2 Å². The minimum atomic E-state index is -0.323. The predicted molar refractivity (Wildman–Crippen MR) is 64.4 cm³/mol. The van der Waals surface area contributed by atoms with Gasteiger partial charge in [0.2, 0.25) is 0 Å². The number of hydrogen-bond acceptors (Lipinski definition) is 4. The van der Waals surface area contributed by atoms with Crippen LogP contribution in [0.1, 0.15) is 39.5 Å². The fraction of sp³-hybridized carbons (Fsp3) is 0.769. The van der Waals surface area contributed by atoms with Crippen LogP contribution in [0.5, 0.6) is 0 Å². The van der Waals surface area contributed by atoms with Crippen LogP contribution in [0.3, 0.4) is 0 Å². The molecule has 0 spiro atoms. The van der Waals surface area contributed by atoms with E-state index in [1.165, 1.54) is 6.92 Å². The molecule has 0 saturated heterocycles. The van der Waals surface area contributed by atoms with Crippen molar-refractivity contribution in [3.05, 3.63) is 11.6 Å². The van der Waals surface area contributed by atoms with E-state index in [0.717, 1.165) is 12.0 Å². The van der Waals surface area contributed by atoms with Crippen molar-refractivity contribution in [1.29, 1.82) is 0 Å². The number of carbonyl (C=O) groups is 1. The number of esters is 1. The van der Waals surface area contributed by atoms with Crippen molar-refractivity contribution in [1.82, 2.24) is 0 Å². The summed E-state index contributed by atoms with van der Waals surface area (Å²) in [4.78, 5) is 10.6. The first-order valence-electron chi connectivity index (χ1n) is 6.14. The molecule has 0 heterocycles. The van der Waals surface area contributed by atoms with Crippen molar-refractivity contribution in [3.8, 4) is 0 Å². The number of aliphatic hydroxyl groups is 2. The van der Waals surface area contributed by atoms with Gasteiger partial charge in [0, 0.05) is 6.92 Å². The van der Waals surface area contributed by atoms with E-state index in [1.54, 1.807) is 0 Å². The van der Waals surface area contributed by atoms with Gasteiger partial charge in [-0.3, -0.25) is 4.79 Å². The molecular weight excluding hydrogens is 220 g/mol. The highest BCUT2D eigenvalue weighted by Gasteiger charge is 2.27. The Hall–Kier alpha value is -0.870. The zero-order valence-corrected chi connectivity index (χ0v) is 10.6. The van der Waals surface area contributed by atoms with Gasteiger partial charge in [-0.25, -0.2) is 0 Å². The molecule has 0 amide bonds. The summed E-state index contributed by atoms with van der Waals surface area (Å²) < 4.78 is 4.87. The van der Waals surface area contributed by atoms with Crippen molar-refractivity contribution >= 4 is 5.97 Å². The fourth-order valence-electron chi connectivity index (χ4n) is 2.10. The summed E-state index contributed by atoms with van der Waals surface area (Å²) in [5.41, 5.74) is 0.979. The van der Waals surface area contributed by atoms with Gasteiger partial charge in [-0.05, 0) is 44.1 Å². The summed E-state index contributed by atoms with van der Waals surface area (Å²) in [5, 5.41) is 19.3. The van der Waals surface area contributed by atoms with E-state index in [1.807, 2.05) is 13.0 Å². The first kappa shape index (κ1) is 14.2. The topological polar surface area (TPSA) is 66.8 Å². The number of hydrogen-bond donors (Lipinski definition) is 2. The van der Waals surface area contributed by atoms with E-state index in [9.17, 15) is 15.0 Å². The van der Waals surface area contributed by atoms with E-state index in [-0.39, 0.29) is 24.1 Å². The van der Waals surface area contributed by atoms with Crippen molar-refractivity contribution in [3.63, 3.8) is 0 Å². The fourth-order valence-corrected chi connectivity index (χ4v) is 2.10. The highest BCUT2D eigenvalue weighted by molar-refractivity contribution is 5.66. The Kier molecular flexibility index (Phi) is 5.65. The van der Waals surface area contributed by atoms with Gasteiger partial charge in [-0.1, -0.05) is 6.08 Å². The molecular formula is C13H22O4. The van der Waals surface area contributed by atoms with E-state index >= 15 is 0 Å². The molecule has 1 aliphatic carbocycles. The smallest absolute Gasteiger partial charge is 0.302 e. The van der Waals surface area contributed by atoms with Gasteiger partial charge in [-0.2, -0.15) is 0 Å². The Bertz CT molecular complexity index is 285. The van der Waals surface area contributed by atoms with Crippen LogP contribution in [0.4, 0.5) is 0 Å². The summed E-state index contributed by atoms with van der Waals surface area (Å²) in [7, 11) is 0. The monoisotopic (exact) mass is 242 g/mol. The Labute approximate surface area is 102 Å². The molecule has 3 atom stereocenters. The minimum Gasteiger partial charge on any atom is -0.461 e. The summed E-state index contributed by atoms with van der Waals surface area (Å²) in [6, 6.07) is 0. The van der Waals surface area contributed by atoms with Gasteiger partial charge in [0.1, 0.15) is 6.61 Å². The highest BCUT2D eigenvalue weighted by Crippen LogP contribution is 2.28. The molecule has 0 aromatic heterocycles. The molecule has 1 fully saturated rings. The highest BCUT2D eigenvalue weighted by atomic mass is 16.5. The van der Waals surface area contributed by atoms with Gasteiger partial charge in [0.25, 0.3) is 0 Å². The van der Waals surface area contributed by atoms with Crippen molar-refractivity contribution in [2.24, 2.45) is 5.92 Å². The summed E-state index contributed by atoms with van der Waals surface area (Å²) in [6.45, 7) is 3.59. The predicted octanol–water partition coefficient (Wildman–Crippen LogP) is 1.41. The van der Waals surface area contributed by atoms with Gasteiger partial charge < -0.3 is 14.9 Å². The van der Waals surface area contributed by atoms with Crippen LogP contribution in [-0.4, -0.2) is 35.0 Å². The third-order valence-electron chi connectivity index (χ3n) is 3.19. The minimum absolute atomic E-state index is 0.117. The van der Waals surface area contributed by atoms with Crippen LogP contribution in [0.15, 0.2) is 11.6 Å². The van der Waals surface area contributed by atoms with Crippen LogP contribution in [-0.2, 0) is 9.53 Å². The molecule has 0 aromatic carbocycles.